The SMILES string of the molecule is CC(C)(C)c1ccc(C(=O)C(=O)NC2CCS(=O)(=O)CC2)cc1. The fraction of sp³-hybridized carbons (Fsp3) is 0.529. The fourth-order valence-electron chi connectivity index (χ4n) is 2.54. The van der Waals surface area contributed by atoms with Crippen LogP contribution in [0.1, 0.15) is 49.5 Å². The van der Waals surface area contributed by atoms with Gasteiger partial charge in [-0.3, -0.25) is 9.59 Å². The van der Waals surface area contributed by atoms with Crippen LogP contribution in [0.15, 0.2) is 24.3 Å². The van der Waals surface area contributed by atoms with E-state index in [9.17, 15) is 18.0 Å². The molecule has 0 unspecified atom stereocenters. The van der Waals surface area contributed by atoms with Crippen molar-refractivity contribution in [3.63, 3.8) is 0 Å². The van der Waals surface area contributed by atoms with Gasteiger partial charge in [-0.2, -0.15) is 0 Å². The van der Waals surface area contributed by atoms with Crippen molar-refractivity contribution in [1.29, 1.82) is 0 Å². The summed E-state index contributed by atoms with van der Waals surface area (Å²) < 4.78 is 22.7. The Morgan fingerprint density at radius 2 is 1.57 bits per heavy atom. The van der Waals surface area contributed by atoms with E-state index in [0.29, 0.717) is 18.4 Å². The molecule has 0 atom stereocenters. The molecule has 0 spiro atoms. The van der Waals surface area contributed by atoms with Gasteiger partial charge in [0.25, 0.3) is 5.91 Å². The fourth-order valence-corrected chi connectivity index (χ4v) is 4.03. The minimum atomic E-state index is -2.98. The summed E-state index contributed by atoms with van der Waals surface area (Å²) in [6.07, 6.45) is 0.731. The first-order chi connectivity index (χ1) is 10.6. The Hall–Kier alpha value is -1.69. The third kappa shape index (κ3) is 4.64. The van der Waals surface area contributed by atoms with E-state index in [1.54, 1.807) is 12.1 Å². The zero-order valence-electron chi connectivity index (χ0n) is 13.8. The number of Topliss-reactive ketones (excluding diaryl/α,β-unsaturated/α-hetero) is 1. The van der Waals surface area contributed by atoms with Gasteiger partial charge in [-0.1, -0.05) is 45.0 Å². The van der Waals surface area contributed by atoms with Crippen LogP contribution >= 0.6 is 0 Å². The quantitative estimate of drug-likeness (QED) is 0.674. The van der Waals surface area contributed by atoms with Crippen molar-refractivity contribution in [2.45, 2.75) is 45.1 Å². The molecule has 1 heterocycles. The average Bonchev–Trinajstić information content (AvgIpc) is 2.48. The number of benzene rings is 1. The lowest BCUT2D eigenvalue weighted by Crippen LogP contribution is -2.43. The highest BCUT2D eigenvalue weighted by atomic mass is 32.2. The van der Waals surface area contributed by atoms with E-state index in [0.717, 1.165) is 5.56 Å². The van der Waals surface area contributed by atoms with Gasteiger partial charge in [-0.25, -0.2) is 8.42 Å². The van der Waals surface area contributed by atoms with E-state index in [2.05, 4.69) is 26.1 Å². The first kappa shape index (κ1) is 17.7. The van der Waals surface area contributed by atoms with Crippen LogP contribution in [0.2, 0.25) is 0 Å². The number of sulfone groups is 1. The van der Waals surface area contributed by atoms with Crippen molar-refractivity contribution < 1.29 is 18.0 Å². The van der Waals surface area contributed by atoms with Gasteiger partial charge < -0.3 is 5.32 Å². The van der Waals surface area contributed by atoms with Crippen LogP contribution in [0.4, 0.5) is 0 Å². The predicted octanol–water partition coefficient (Wildman–Crippen LogP) is 1.86. The van der Waals surface area contributed by atoms with Gasteiger partial charge in [-0.05, 0) is 23.8 Å². The predicted molar refractivity (Wildman–Crippen MR) is 89.3 cm³/mol. The molecule has 5 nitrogen and oxygen atoms in total. The van der Waals surface area contributed by atoms with Crippen LogP contribution in [0.25, 0.3) is 0 Å². The Morgan fingerprint density at radius 3 is 2.04 bits per heavy atom. The van der Waals surface area contributed by atoms with Crippen molar-refractivity contribution in [3.05, 3.63) is 35.4 Å². The highest BCUT2D eigenvalue weighted by Crippen LogP contribution is 2.22. The molecule has 1 aromatic rings. The molecule has 1 fully saturated rings. The van der Waals surface area contributed by atoms with Crippen LogP contribution in [0.5, 0.6) is 0 Å². The zero-order chi connectivity index (χ0) is 17.3. The topological polar surface area (TPSA) is 80.3 Å². The lowest BCUT2D eigenvalue weighted by atomic mass is 9.86. The zero-order valence-corrected chi connectivity index (χ0v) is 14.6. The number of ketones is 1. The number of nitrogens with one attached hydrogen (secondary N) is 1. The summed E-state index contributed by atoms with van der Waals surface area (Å²) in [5.74, 6) is -1.13. The molecule has 0 saturated carbocycles. The molecule has 2 rings (SSSR count). The van der Waals surface area contributed by atoms with Gasteiger partial charge >= 0.3 is 0 Å². The molecule has 23 heavy (non-hydrogen) atoms. The Labute approximate surface area is 137 Å². The minimum Gasteiger partial charge on any atom is -0.346 e. The first-order valence-electron chi connectivity index (χ1n) is 7.75. The van der Waals surface area contributed by atoms with Gasteiger partial charge in [0.2, 0.25) is 5.78 Å². The molecule has 1 amide bonds. The Balaban J connectivity index is 1.99. The van der Waals surface area contributed by atoms with E-state index in [1.165, 1.54) is 0 Å². The van der Waals surface area contributed by atoms with Crippen LogP contribution < -0.4 is 5.32 Å². The normalized spacial score (nSPS) is 18.4. The maximum absolute atomic E-state index is 12.2. The van der Waals surface area contributed by atoms with Crippen LogP contribution in [-0.4, -0.2) is 37.7 Å². The molecular weight excluding hydrogens is 314 g/mol. The maximum Gasteiger partial charge on any atom is 0.292 e. The van der Waals surface area contributed by atoms with E-state index in [1.807, 2.05) is 12.1 Å². The Kier molecular flexibility index (Phi) is 4.94. The van der Waals surface area contributed by atoms with Gasteiger partial charge in [0.05, 0.1) is 11.5 Å². The largest absolute Gasteiger partial charge is 0.346 e. The van der Waals surface area contributed by atoms with Gasteiger partial charge in [-0.15, -0.1) is 0 Å². The number of amides is 1. The second-order valence-corrected chi connectivity index (χ2v) is 9.36. The van der Waals surface area contributed by atoms with Crippen molar-refractivity contribution in [2.24, 2.45) is 0 Å². The summed E-state index contributed by atoms with van der Waals surface area (Å²) in [5, 5.41) is 2.65. The van der Waals surface area contributed by atoms with E-state index in [4.69, 9.17) is 0 Å². The Morgan fingerprint density at radius 1 is 1.04 bits per heavy atom. The molecular formula is C17H23NO4S. The van der Waals surface area contributed by atoms with Crippen LogP contribution in [0, 0.1) is 0 Å². The smallest absolute Gasteiger partial charge is 0.292 e. The highest BCUT2D eigenvalue weighted by molar-refractivity contribution is 7.91. The third-order valence-corrected chi connectivity index (χ3v) is 5.82. The first-order valence-corrected chi connectivity index (χ1v) is 9.57. The van der Waals surface area contributed by atoms with Gasteiger partial charge in [0, 0.05) is 11.6 Å². The molecule has 0 aromatic heterocycles. The van der Waals surface area contributed by atoms with Crippen molar-refractivity contribution in [1.82, 2.24) is 5.32 Å². The molecule has 1 aliphatic heterocycles. The third-order valence-electron chi connectivity index (χ3n) is 4.11. The lowest BCUT2D eigenvalue weighted by molar-refractivity contribution is -0.117. The Bertz CT molecular complexity index is 685. The molecule has 0 radical (unpaired) electrons. The van der Waals surface area contributed by atoms with E-state index >= 15 is 0 Å². The molecule has 0 aliphatic carbocycles. The molecule has 1 aliphatic rings. The summed E-state index contributed by atoms with van der Waals surface area (Å²) in [4.78, 5) is 24.2. The molecule has 1 saturated heterocycles. The summed E-state index contributed by atoms with van der Waals surface area (Å²) in [5.41, 5.74) is 1.42. The molecule has 1 aromatic carbocycles. The standard InChI is InChI=1S/C17H23NO4S/c1-17(2,3)13-6-4-12(5-7-13)15(19)16(20)18-14-8-10-23(21,22)11-9-14/h4-7,14H,8-11H2,1-3H3,(H,18,20). The number of hydrogen-bond acceptors (Lipinski definition) is 4. The molecule has 126 valence electrons. The van der Waals surface area contributed by atoms with Crippen molar-refractivity contribution in [2.75, 3.05) is 11.5 Å². The second-order valence-electron chi connectivity index (χ2n) is 7.06. The maximum atomic E-state index is 12.2. The number of carbonyl (C=O) groups is 2. The summed E-state index contributed by atoms with van der Waals surface area (Å²) >= 11 is 0. The molecule has 1 N–H and O–H groups in total. The van der Waals surface area contributed by atoms with Crippen LogP contribution in [-0.2, 0) is 20.0 Å². The van der Waals surface area contributed by atoms with Gasteiger partial charge in [0.15, 0.2) is 0 Å². The number of carbonyl (C=O) groups excluding carboxylic acids is 2. The second kappa shape index (κ2) is 6.43. The van der Waals surface area contributed by atoms with Crippen LogP contribution in [0.3, 0.4) is 0 Å². The van der Waals surface area contributed by atoms with Crippen molar-refractivity contribution in [3.8, 4) is 0 Å². The molecule has 0 bridgehead atoms. The summed E-state index contributed by atoms with van der Waals surface area (Å²) in [7, 11) is -2.98. The monoisotopic (exact) mass is 337 g/mol. The molecule has 6 heteroatoms. The highest BCUT2D eigenvalue weighted by Gasteiger charge is 2.27. The summed E-state index contributed by atoms with van der Waals surface area (Å²) in [6.45, 7) is 6.23. The van der Waals surface area contributed by atoms with Crippen molar-refractivity contribution >= 4 is 21.5 Å². The summed E-state index contributed by atoms with van der Waals surface area (Å²) in [6, 6.07) is 6.78. The minimum absolute atomic E-state index is 0.0164. The average molecular weight is 337 g/mol. The van der Waals surface area contributed by atoms with Gasteiger partial charge in [0.1, 0.15) is 9.84 Å². The lowest BCUT2D eigenvalue weighted by Gasteiger charge is -2.22. The van der Waals surface area contributed by atoms with E-state index in [-0.39, 0.29) is 23.0 Å². The number of rotatable bonds is 3. The van der Waals surface area contributed by atoms with E-state index < -0.39 is 21.5 Å². The number of hydrogen-bond donors (Lipinski definition) is 1.